The van der Waals surface area contributed by atoms with E-state index in [1.165, 1.54) is 12.1 Å². The van der Waals surface area contributed by atoms with Gasteiger partial charge in [-0.1, -0.05) is 26.0 Å². The second-order valence-electron chi connectivity index (χ2n) is 6.33. The Balaban J connectivity index is 1.83. The van der Waals surface area contributed by atoms with E-state index in [1.807, 2.05) is 0 Å². The van der Waals surface area contributed by atoms with Gasteiger partial charge in [0.25, 0.3) is 0 Å². The minimum Gasteiger partial charge on any atom is -0.355 e. The largest absolute Gasteiger partial charge is 0.355 e. The summed E-state index contributed by atoms with van der Waals surface area (Å²) in [6.45, 7) is 5.09. The molecule has 0 atom stereocenters. The zero-order chi connectivity index (χ0) is 16.2. The van der Waals surface area contributed by atoms with E-state index in [1.54, 1.807) is 12.1 Å². The monoisotopic (exact) mass is 306 g/mol. The molecule has 0 bridgehead atoms. The molecule has 120 valence electrons. The summed E-state index contributed by atoms with van der Waals surface area (Å²) in [4.78, 5) is 24.4. The number of hydrogen-bond acceptors (Lipinski definition) is 2. The first kappa shape index (κ1) is 16.5. The number of carbonyl (C=O) groups is 2. The van der Waals surface area contributed by atoms with Crippen molar-refractivity contribution in [3.8, 4) is 0 Å². The van der Waals surface area contributed by atoms with Crippen LogP contribution in [0.15, 0.2) is 24.3 Å². The Hall–Kier alpha value is -1.91. The van der Waals surface area contributed by atoms with Gasteiger partial charge in [0.2, 0.25) is 11.8 Å². The highest BCUT2D eigenvalue weighted by Crippen LogP contribution is 2.46. The molecule has 0 aromatic heterocycles. The maximum Gasteiger partial charge on any atom is 0.235 e. The van der Waals surface area contributed by atoms with Crippen LogP contribution in [-0.2, 0) is 16.1 Å². The standard InChI is InChI=1S/C17H23FN2O2/c1-12(2)7-10-19-15(21)17(8-9-17)16(22)20-11-13-3-5-14(18)6-4-13/h3-6,12H,7-11H2,1-2H3,(H,19,21)(H,20,22). The van der Waals surface area contributed by atoms with E-state index >= 15 is 0 Å². The number of halogens is 1. The Bertz CT molecular complexity index is 536. The first-order valence-electron chi connectivity index (χ1n) is 7.75. The predicted octanol–water partition coefficient (Wildman–Crippen LogP) is 2.38. The van der Waals surface area contributed by atoms with Crippen molar-refractivity contribution in [3.05, 3.63) is 35.6 Å². The first-order valence-corrected chi connectivity index (χ1v) is 7.75. The number of carbonyl (C=O) groups excluding carboxylic acids is 2. The molecule has 2 amide bonds. The van der Waals surface area contributed by atoms with Gasteiger partial charge < -0.3 is 10.6 Å². The SMILES string of the molecule is CC(C)CCNC(=O)C1(C(=O)NCc2ccc(F)cc2)CC1. The van der Waals surface area contributed by atoms with Crippen molar-refractivity contribution < 1.29 is 14.0 Å². The van der Waals surface area contributed by atoms with Crippen molar-refractivity contribution in [1.82, 2.24) is 10.6 Å². The maximum absolute atomic E-state index is 12.8. The van der Waals surface area contributed by atoms with Crippen LogP contribution in [0.25, 0.3) is 0 Å². The van der Waals surface area contributed by atoms with E-state index in [4.69, 9.17) is 0 Å². The molecular formula is C17H23FN2O2. The van der Waals surface area contributed by atoms with Crippen LogP contribution >= 0.6 is 0 Å². The number of rotatable bonds is 7. The average molecular weight is 306 g/mol. The molecule has 1 saturated carbocycles. The third kappa shape index (κ3) is 4.06. The van der Waals surface area contributed by atoms with E-state index in [0.717, 1.165) is 12.0 Å². The fourth-order valence-electron chi connectivity index (χ4n) is 2.28. The normalized spacial score (nSPS) is 15.5. The average Bonchev–Trinajstić information content (AvgIpc) is 3.27. The van der Waals surface area contributed by atoms with Crippen molar-refractivity contribution >= 4 is 11.8 Å². The lowest BCUT2D eigenvalue weighted by Crippen LogP contribution is -2.43. The van der Waals surface area contributed by atoms with Crippen molar-refractivity contribution in [2.75, 3.05) is 6.54 Å². The Labute approximate surface area is 130 Å². The Morgan fingerprint density at radius 2 is 1.73 bits per heavy atom. The minimum atomic E-state index is -0.892. The molecule has 0 spiro atoms. The summed E-state index contributed by atoms with van der Waals surface area (Å²) in [5.41, 5.74) is -0.0810. The second kappa shape index (κ2) is 6.90. The van der Waals surface area contributed by atoms with Gasteiger partial charge >= 0.3 is 0 Å². The van der Waals surface area contributed by atoms with Gasteiger partial charge in [0.1, 0.15) is 11.2 Å². The summed E-state index contributed by atoms with van der Waals surface area (Å²) in [5.74, 6) is -0.204. The fraction of sp³-hybridized carbons (Fsp3) is 0.529. The molecule has 5 heteroatoms. The van der Waals surface area contributed by atoms with Crippen molar-refractivity contribution in [1.29, 1.82) is 0 Å². The Morgan fingerprint density at radius 3 is 2.27 bits per heavy atom. The van der Waals surface area contributed by atoms with Gasteiger partial charge in [-0.3, -0.25) is 9.59 Å². The van der Waals surface area contributed by atoms with E-state index in [-0.39, 0.29) is 17.6 Å². The smallest absolute Gasteiger partial charge is 0.235 e. The van der Waals surface area contributed by atoms with Gasteiger partial charge in [0.05, 0.1) is 0 Å². The van der Waals surface area contributed by atoms with Crippen LogP contribution in [-0.4, -0.2) is 18.4 Å². The van der Waals surface area contributed by atoms with Gasteiger partial charge in [0.15, 0.2) is 0 Å². The quantitative estimate of drug-likeness (QED) is 0.760. The topological polar surface area (TPSA) is 58.2 Å². The highest BCUT2D eigenvalue weighted by Gasteiger charge is 2.56. The molecule has 1 aromatic carbocycles. The van der Waals surface area contributed by atoms with Crippen LogP contribution in [0, 0.1) is 17.2 Å². The maximum atomic E-state index is 12.8. The second-order valence-corrected chi connectivity index (χ2v) is 6.33. The predicted molar refractivity (Wildman–Crippen MR) is 82.4 cm³/mol. The van der Waals surface area contributed by atoms with Crippen LogP contribution in [0.4, 0.5) is 4.39 Å². The number of hydrogen-bond donors (Lipinski definition) is 2. The number of benzene rings is 1. The Morgan fingerprint density at radius 1 is 1.14 bits per heavy atom. The minimum absolute atomic E-state index is 0.176. The van der Waals surface area contributed by atoms with Crippen LogP contribution in [0.1, 0.15) is 38.7 Å². The molecule has 1 fully saturated rings. The highest BCUT2D eigenvalue weighted by molar-refractivity contribution is 6.07. The van der Waals surface area contributed by atoms with E-state index in [0.29, 0.717) is 31.8 Å². The van der Waals surface area contributed by atoms with E-state index in [9.17, 15) is 14.0 Å². The number of amides is 2. The summed E-state index contributed by atoms with van der Waals surface area (Å²) >= 11 is 0. The van der Waals surface area contributed by atoms with Gasteiger partial charge in [-0.2, -0.15) is 0 Å². The molecule has 0 unspecified atom stereocenters. The molecule has 1 aliphatic carbocycles. The third-order valence-corrected chi connectivity index (χ3v) is 3.99. The van der Waals surface area contributed by atoms with Crippen LogP contribution < -0.4 is 10.6 Å². The molecule has 0 heterocycles. The van der Waals surface area contributed by atoms with Crippen LogP contribution in [0.5, 0.6) is 0 Å². The van der Waals surface area contributed by atoms with Gasteiger partial charge in [0, 0.05) is 13.1 Å². The van der Waals surface area contributed by atoms with Gasteiger partial charge in [-0.05, 0) is 42.9 Å². The lowest BCUT2D eigenvalue weighted by Gasteiger charge is -2.16. The van der Waals surface area contributed by atoms with E-state index < -0.39 is 5.41 Å². The zero-order valence-corrected chi connectivity index (χ0v) is 13.1. The van der Waals surface area contributed by atoms with Gasteiger partial charge in [-0.15, -0.1) is 0 Å². The summed E-state index contributed by atoms with van der Waals surface area (Å²) < 4.78 is 12.8. The molecule has 1 aromatic rings. The number of nitrogens with one attached hydrogen (secondary N) is 2. The summed E-state index contributed by atoms with van der Waals surface area (Å²) in [6, 6.07) is 5.95. The van der Waals surface area contributed by atoms with Crippen molar-refractivity contribution in [2.24, 2.45) is 11.3 Å². The molecular weight excluding hydrogens is 283 g/mol. The lowest BCUT2D eigenvalue weighted by atomic mass is 10.0. The third-order valence-electron chi connectivity index (χ3n) is 3.99. The summed E-state index contributed by atoms with van der Waals surface area (Å²) in [5, 5.41) is 5.63. The molecule has 0 radical (unpaired) electrons. The summed E-state index contributed by atoms with van der Waals surface area (Å²) in [6.07, 6.45) is 2.09. The molecule has 1 aliphatic rings. The lowest BCUT2D eigenvalue weighted by molar-refractivity contribution is -0.137. The van der Waals surface area contributed by atoms with Crippen molar-refractivity contribution in [2.45, 2.75) is 39.7 Å². The van der Waals surface area contributed by atoms with E-state index in [2.05, 4.69) is 24.5 Å². The molecule has 2 rings (SSSR count). The van der Waals surface area contributed by atoms with Crippen LogP contribution in [0.3, 0.4) is 0 Å². The molecule has 22 heavy (non-hydrogen) atoms. The van der Waals surface area contributed by atoms with Gasteiger partial charge in [-0.25, -0.2) is 4.39 Å². The highest BCUT2D eigenvalue weighted by atomic mass is 19.1. The molecule has 0 saturated heterocycles. The van der Waals surface area contributed by atoms with Crippen LogP contribution in [0.2, 0.25) is 0 Å². The van der Waals surface area contributed by atoms with Crippen molar-refractivity contribution in [3.63, 3.8) is 0 Å². The molecule has 0 aliphatic heterocycles. The molecule has 4 nitrogen and oxygen atoms in total. The molecule has 2 N–H and O–H groups in total. The Kier molecular flexibility index (Phi) is 5.16. The zero-order valence-electron chi connectivity index (χ0n) is 13.1. The first-order chi connectivity index (χ1) is 10.4. The summed E-state index contributed by atoms with van der Waals surface area (Å²) in [7, 11) is 0. The fourth-order valence-corrected chi connectivity index (χ4v) is 2.28.